The van der Waals surface area contributed by atoms with E-state index < -0.39 is 0 Å². The second kappa shape index (κ2) is 4.74. The van der Waals surface area contributed by atoms with E-state index in [0.717, 1.165) is 6.54 Å². The molecule has 0 radical (unpaired) electrons. The topological polar surface area (TPSA) is 34.6 Å². The zero-order valence-corrected chi connectivity index (χ0v) is 14.1. The number of nitrogens with zero attached hydrogens (tertiary/aromatic N) is 4. The maximum absolute atomic E-state index is 4.32. The van der Waals surface area contributed by atoms with E-state index >= 15 is 0 Å². The second-order valence-electron chi connectivity index (χ2n) is 6.24. The van der Waals surface area contributed by atoms with Crippen molar-refractivity contribution in [2.75, 3.05) is 0 Å². The lowest BCUT2D eigenvalue weighted by atomic mass is 10.1. The van der Waals surface area contributed by atoms with Crippen LogP contribution >= 0.6 is 11.3 Å². The molecule has 1 aliphatic heterocycles. The van der Waals surface area contributed by atoms with Gasteiger partial charge in [0.2, 0.25) is 4.83 Å². The Morgan fingerprint density at radius 1 is 0.960 bits per heavy atom. The molecule has 1 aromatic carbocycles. The van der Waals surface area contributed by atoms with Crippen molar-refractivity contribution >= 4 is 31.8 Å². The summed E-state index contributed by atoms with van der Waals surface area (Å²) in [6, 6.07) is 14.8. The van der Waals surface area contributed by atoms with Crippen LogP contribution in [0.3, 0.4) is 0 Å². The molecule has 0 N–H and O–H groups in total. The van der Waals surface area contributed by atoms with E-state index in [2.05, 4.69) is 61.6 Å². The average Bonchev–Trinajstić information content (AvgIpc) is 3.29. The van der Waals surface area contributed by atoms with Gasteiger partial charge in [0.1, 0.15) is 12.2 Å². The van der Waals surface area contributed by atoms with Crippen LogP contribution in [0.4, 0.5) is 0 Å². The Balaban J connectivity index is 1.83. The van der Waals surface area contributed by atoms with Gasteiger partial charge in [0.05, 0.1) is 10.3 Å². The third kappa shape index (κ3) is 1.68. The molecule has 5 aromatic rings. The van der Waals surface area contributed by atoms with Crippen molar-refractivity contribution in [3.63, 3.8) is 0 Å². The molecule has 0 saturated heterocycles. The molecule has 5 heteroatoms. The molecule has 0 aliphatic carbocycles. The number of thiophene rings is 1. The minimum atomic E-state index is 0.864. The van der Waals surface area contributed by atoms with Gasteiger partial charge < -0.3 is 0 Å². The first-order chi connectivity index (χ1) is 12.4. The minimum absolute atomic E-state index is 0.864. The maximum atomic E-state index is 4.32. The van der Waals surface area contributed by atoms with E-state index in [-0.39, 0.29) is 0 Å². The summed E-state index contributed by atoms with van der Waals surface area (Å²) >= 11 is 1.81. The number of rotatable bonds is 1. The summed E-state index contributed by atoms with van der Waals surface area (Å²) < 4.78 is 6.03. The molecule has 0 amide bonds. The number of fused-ring (bicyclic) bond motifs is 7. The molecule has 1 aliphatic rings. The van der Waals surface area contributed by atoms with Crippen LogP contribution in [0.15, 0.2) is 67.3 Å². The van der Waals surface area contributed by atoms with Gasteiger partial charge in [-0.15, -0.1) is 0 Å². The summed E-state index contributed by atoms with van der Waals surface area (Å²) in [4.78, 5) is 9.90. The highest BCUT2D eigenvalue weighted by atomic mass is 32.1. The Labute approximate surface area is 147 Å². The summed E-state index contributed by atoms with van der Waals surface area (Å²) in [6.07, 6.45) is 7.71. The van der Waals surface area contributed by atoms with Gasteiger partial charge in [-0.2, -0.15) is 4.57 Å². The van der Waals surface area contributed by atoms with E-state index in [0.29, 0.717) is 0 Å². The summed E-state index contributed by atoms with van der Waals surface area (Å²) in [5.74, 6) is 1.24. The summed E-state index contributed by atoms with van der Waals surface area (Å²) in [5.41, 5.74) is 5.02. The van der Waals surface area contributed by atoms with Gasteiger partial charge in [-0.3, -0.25) is 9.97 Å². The van der Waals surface area contributed by atoms with Crippen molar-refractivity contribution in [1.29, 1.82) is 0 Å². The van der Waals surface area contributed by atoms with Crippen LogP contribution in [0.1, 0.15) is 5.56 Å². The molecule has 5 heterocycles. The fourth-order valence-electron chi connectivity index (χ4n) is 3.84. The largest absolute Gasteiger partial charge is 0.296 e. The second-order valence-corrected chi connectivity index (χ2v) is 7.27. The Bertz CT molecular complexity index is 1270. The monoisotopic (exact) mass is 341 g/mol. The predicted octanol–water partition coefficient (Wildman–Crippen LogP) is 3.95. The standard InChI is InChI=1S/C20H13N4S/c1-2-4-14(5-3-1)24-19-15-6-8-21-10-13(15)12-23(19)18-16-7-9-22-11-17(16)25-20(18)24/h1-11H,12H2/q+1. The molecule has 0 atom stereocenters. The van der Waals surface area contributed by atoms with Gasteiger partial charge in [0.25, 0.3) is 5.82 Å². The van der Waals surface area contributed by atoms with Crippen molar-refractivity contribution in [2.45, 2.75) is 6.54 Å². The number of aromatic nitrogens is 4. The molecule has 118 valence electrons. The molecular formula is C20H13N4S+. The first-order valence-electron chi connectivity index (χ1n) is 8.21. The lowest BCUT2D eigenvalue weighted by Crippen LogP contribution is -2.31. The average molecular weight is 341 g/mol. The number of benzene rings is 1. The molecule has 4 nitrogen and oxygen atoms in total. The highest BCUT2D eigenvalue weighted by molar-refractivity contribution is 7.25. The van der Waals surface area contributed by atoms with Gasteiger partial charge in [0, 0.05) is 35.7 Å². The lowest BCUT2D eigenvalue weighted by Gasteiger charge is -2.00. The maximum Gasteiger partial charge on any atom is 0.296 e. The van der Waals surface area contributed by atoms with Crippen LogP contribution in [0, 0.1) is 0 Å². The number of imidazole rings is 1. The van der Waals surface area contributed by atoms with Crippen molar-refractivity contribution < 1.29 is 4.57 Å². The minimum Gasteiger partial charge on any atom is -0.264 e. The normalized spacial score (nSPS) is 12.6. The van der Waals surface area contributed by atoms with E-state index in [1.165, 1.54) is 43.1 Å². The molecule has 6 rings (SSSR count). The van der Waals surface area contributed by atoms with Crippen LogP contribution in [-0.2, 0) is 6.54 Å². The van der Waals surface area contributed by atoms with Crippen molar-refractivity contribution in [3.05, 3.63) is 72.8 Å². The summed E-state index contributed by atoms with van der Waals surface area (Å²) in [5, 5.41) is 1.27. The van der Waals surface area contributed by atoms with Gasteiger partial charge in [-0.1, -0.05) is 29.5 Å². The third-order valence-electron chi connectivity index (χ3n) is 4.88. The highest BCUT2D eigenvalue weighted by Gasteiger charge is 2.37. The Kier molecular flexibility index (Phi) is 2.51. The van der Waals surface area contributed by atoms with Gasteiger partial charge in [-0.05, 0) is 24.3 Å². The smallest absolute Gasteiger partial charge is 0.264 e. The fraction of sp³-hybridized carbons (Fsp3) is 0.0500. The first kappa shape index (κ1) is 13.3. The number of hydrogen-bond acceptors (Lipinski definition) is 3. The zero-order chi connectivity index (χ0) is 16.4. The van der Waals surface area contributed by atoms with Crippen molar-refractivity contribution in [1.82, 2.24) is 14.5 Å². The van der Waals surface area contributed by atoms with Gasteiger partial charge >= 0.3 is 0 Å². The van der Waals surface area contributed by atoms with Gasteiger partial charge in [-0.25, -0.2) is 4.57 Å². The van der Waals surface area contributed by atoms with Crippen LogP contribution < -0.4 is 4.57 Å². The van der Waals surface area contributed by atoms with Crippen molar-refractivity contribution in [3.8, 4) is 17.1 Å². The third-order valence-corrected chi connectivity index (χ3v) is 5.99. The van der Waals surface area contributed by atoms with Crippen LogP contribution in [-0.4, -0.2) is 14.5 Å². The quantitative estimate of drug-likeness (QED) is 0.424. The number of para-hydroxylation sites is 1. The SMILES string of the molecule is c1ccc(-n2c3[n+](c4c5ccncc5sc42)Cc2cnccc2-3)cc1. The Morgan fingerprint density at radius 3 is 2.72 bits per heavy atom. The van der Waals surface area contributed by atoms with Crippen LogP contribution in [0.25, 0.3) is 37.5 Å². The van der Waals surface area contributed by atoms with Crippen LogP contribution in [0.5, 0.6) is 0 Å². The highest BCUT2D eigenvalue weighted by Crippen LogP contribution is 2.39. The lowest BCUT2D eigenvalue weighted by molar-refractivity contribution is -0.645. The zero-order valence-electron chi connectivity index (χ0n) is 13.3. The van der Waals surface area contributed by atoms with E-state index in [1.54, 1.807) is 11.3 Å². The number of hydrogen-bond donors (Lipinski definition) is 0. The van der Waals surface area contributed by atoms with E-state index in [1.807, 2.05) is 24.8 Å². The Morgan fingerprint density at radius 2 is 1.80 bits per heavy atom. The summed E-state index contributed by atoms with van der Waals surface area (Å²) in [7, 11) is 0. The van der Waals surface area contributed by atoms with E-state index in [9.17, 15) is 0 Å². The first-order valence-corrected chi connectivity index (χ1v) is 9.03. The predicted molar refractivity (Wildman–Crippen MR) is 99.0 cm³/mol. The Hall–Kier alpha value is -3.05. The molecule has 0 fully saturated rings. The molecule has 4 aromatic heterocycles. The van der Waals surface area contributed by atoms with Gasteiger partial charge in [0.15, 0.2) is 5.52 Å². The van der Waals surface area contributed by atoms with E-state index in [4.69, 9.17) is 0 Å². The van der Waals surface area contributed by atoms with Crippen LogP contribution in [0.2, 0.25) is 0 Å². The molecule has 0 saturated carbocycles. The fourth-order valence-corrected chi connectivity index (χ4v) is 5.03. The summed E-state index contributed by atoms with van der Waals surface area (Å²) in [6.45, 7) is 0.864. The molecular weight excluding hydrogens is 328 g/mol. The van der Waals surface area contributed by atoms with Crippen molar-refractivity contribution in [2.24, 2.45) is 0 Å². The number of pyridine rings is 2. The molecule has 25 heavy (non-hydrogen) atoms. The molecule has 0 spiro atoms. The molecule has 0 bridgehead atoms. The molecule has 0 unspecified atom stereocenters.